The maximum atomic E-state index is 11.9. The van der Waals surface area contributed by atoms with E-state index in [1.165, 1.54) is 13.3 Å². The molecular weight excluding hydrogens is 352 g/mol. The molecule has 0 fully saturated rings. The molecular formula is C19H20N2O6. The van der Waals surface area contributed by atoms with Crippen molar-refractivity contribution in [2.45, 2.75) is 6.42 Å². The van der Waals surface area contributed by atoms with Crippen LogP contribution in [0.2, 0.25) is 0 Å². The first-order valence-electron chi connectivity index (χ1n) is 7.99. The number of benzene rings is 2. The van der Waals surface area contributed by atoms with Gasteiger partial charge in [0.2, 0.25) is 5.91 Å². The average Bonchev–Trinajstić information content (AvgIpc) is 2.67. The van der Waals surface area contributed by atoms with Crippen LogP contribution < -0.4 is 19.6 Å². The zero-order valence-electron chi connectivity index (χ0n) is 15.0. The first kappa shape index (κ1) is 19.8. The van der Waals surface area contributed by atoms with E-state index in [9.17, 15) is 9.59 Å². The Morgan fingerprint density at radius 3 is 2.44 bits per heavy atom. The third-order valence-corrected chi connectivity index (χ3v) is 3.47. The summed E-state index contributed by atoms with van der Waals surface area (Å²) in [7, 11) is 3.02. The normalized spacial score (nSPS) is 10.4. The van der Waals surface area contributed by atoms with Gasteiger partial charge in [0.25, 0.3) is 0 Å². The molecule has 0 aromatic heterocycles. The maximum Gasteiger partial charge on any atom is 0.341 e. The number of carbonyl (C=O) groups excluding carboxylic acids is 1. The Labute approximate surface area is 156 Å². The topological polar surface area (TPSA) is 106 Å². The fraction of sp³-hybridized carbons (Fsp3) is 0.211. The molecule has 0 aliphatic carbocycles. The molecule has 2 rings (SSSR count). The lowest BCUT2D eigenvalue weighted by Crippen LogP contribution is -2.19. The van der Waals surface area contributed by atoms with Crippen molar-refractivity contribution in [1.82, 2.24) is 5.43 Å². The highest BCUT2D eigenvalue weighted by molar-refractivity contribution is 5.84. The molecule has 2 N–H and O–H groups in total. The van der Waals surface area contributed by atoms with Crippen molar-refractivity contribution >= 4 is 18.1 Å². The molecule has 27 heavy (non-hydrogen) atoms. The summed E-state index contributed by atoms with van der Waals surface area (Å²) < 4.78 is 15.4. The minimum absolute atomic E-state index is 0.187. The van der Waals surface area contributed by atoms with Crippen molar-refractivity contribution in [3.8, 4) is 17.2 Å². The highest BCUT2D eigenvalue weighted by Crippen LogP contribution is 2.27. The summed E-state index contributed by atoms with van der Waals surface area (Å²) >= 11 is 0. The van der Waals surface area contributed by atoms with Crippen LogP contribution in [-0.4, -0.2) is 44.0 Å². The van der Waals surface area contributed by atoms with Crippen molar-refractivity contribution in [3.05, 3.63) is 53.6 Å². The zero-order chi connectivity index (χ0) is 19.6. The van der Waals surface area contributed by atoms with Gasteiger partial charge in [-0.05, 0) is 41.5 Å². The number of aliphatic carboxylic acids is 1. The number of carboxylic acids is 1. The van der Waals surface area contributed by atoms with Crippen LogP contribution in [-0.2, 0) is 16.0 Å². The smallest absolute Gasteiger partial charge is 0.341 e. The summed E-state index contributed by atoms with van der Waals surface area (Å²) in [6, 6.07) is 12.0. The molecule has 2 aromatic carbocycles. The SMILES string of the molecule is COc1ccc(CC(=O)N/N=C\c2ccc(OCC(=O)O)c(OC)c2)cc1. The molecule has 1 amide bonds. The number of carboxylic acid groups (broad SMARTS) is 1. The summed E-state index contributed by atoms with van der Waals surface area (Å²) in [5.41, 5.74) is 3.94. The van der Waals surface area contributed by atoms with Crippen LogP contribution in [0.5, 0.6) is 17.2 Å². The molecule has 0 aliphatic rings. The predicted octanol–water partition coefficient (Wildman–Crippen LogP) is 1.86. The Morgan fingerprint density at radius 1 is 1.07 bits per heavy atom. The van der Waals surface area contributed by atoms with Gasteiger partial charge < -0.3 is 19.3 Å². The van der Waals surface area contributed by atoms with E-state index in [-0.39, 0.29) is 12.3 Å². The number of carbonyl (C=O) groups is 2. The lowest BCUT2D eigenvalue weighted by molar-refractivity contribution is -0.139. The summed E-state index contributed by atoms with van der Waals surface area (Å²) in [5.74, 6) is 0.0549. The van der Waals surface area contributed by atoms with E-state index in [2.05, 4.69) is 10.5 Å². The summed E-state index contributed by atoms with van der Waals surface area (Å²) in [5, 5.41) is 12.6. The summed E-state index contributed by atoms with van der Waals surface area (Å²) in [6.07, 6.45) is 1.64. The predicted molar refractivity (Wildman–Crippen MR) is 98.6 cm³/mol. The Bertz CT molecular complexity index is 817. The van der Waals surface area contributed by atoms with Gasteiger partial charge in [-0.1, -0.05) is 12.1 Å². The number of hydrazone groups is 1. The van der Waals surface area contributed by atoms with E-state index in [1.54, 1.807) is 37.4 Å². The van der Waals surface area contributed by atoms with Gasteiger partial charge in [0.05, 0.1) is 26.9 Å². The summed E-state index contributed by atoms with van der Waals surface area (Å²) in [6.45, 7) is -0.467. The van der Waals surface area contributed by atoms with Gasteiger partial charge in [-0.3, -0.25) is 4.79 Å². The monoisotopic (exact) mass is 372 g/mol. The molecule has 2 aromatic rings. The van der Waals surface area contributed by atoms with Crippen molar-refractivity contribution < 1.29 is 28.9 Å². The van der Waals surface area contributed by atoms with Crippen LogP contribution in [0.4, 0.5) is 0 Å². The molecule has 142 valence electrons. The van der Waals surface area contributed by atoms with Crippen molar-refractivity contribution in [2.24, 2.45) is 5.10 Å². The molecule has 0 saturated carbocycles. The number of hydrogen-bond donors (Lipinski definition) is 2. The van der Waals surface area contributed by atoms with Crippen LogP contribution in [0.3, 0.4) is 0 Å². The number of methoxy groups -OCH3 is 2. The number of hydrogen-bond acceptors (Lipinski definition) is 6. The molecule has 0 spiro atoms. The first-order chi connectivity index (χ1) is 13.0. The lowest BCUT2D eigenvalue weighted by Gasteiger charge is -2.09. The van der Waals surface area contributed by atoms with Gasteiger partial charge in [0.1, 0.15) is 5.75 Å². The number of ether oxygens (including phenoxy) is 3. The van der Waals surface area contributed by atoms with E-state index >= 15 is 0 Å². The van der Waals surface area contributed by atoms with Gasteiger partial charge in [-0.15, -0.1) is 0 Å². The Balaban J connectivity index is 1.92. The Kier molecular flexibility index (Phi) is 7.18. The third-order valence-electron chi connectivity index (χ3n) is 3.47. The third kappa shape index (κ3) is 6.35. The molecule has 0 aliphatic heterocycles. The first-order valence-corrected chi connectivity index (χ1v) is 7.99. The molecule has 0 heterocycles. The highest BCUT2D eigenvalue weighted by Gasteiger charge is 2.07. The van der Waals surface area contributed by atoms with Gasteiger partial charge in [0.15, 0.2) is 18.1 Å². The molecule has 0 unspecified atom stereocenters. The van der Waals surface area contributed by atoms with Crippen molar-refractivity contribution in [1.29, 1.82) is 0 Å². The van der Waals surface area contributed by atoms with E-state index < -0.39 is 12.6 Å². The van der Waals surface area contributed by atoms with Crippen LogP contribution >= 0.6 is 0 Å². The number of amides is 1. The maximum absolute atomic E-state index is 11.9. The fourth-order valence-corrected chi connectivity index (χ4v) is 2.17. The highest BCUT2D eigenvalue weighted by atomic mass is 16.5. The minimum Gasteiger partial charge on any atom is -0.497 e. The van der Waals surface area contributed by atoms with Crippen molar-refractivity contribution in [2.75, 3.05) is 20.8 Å². The second kappa shape index (κ2) is 9.81. The van der Waals surface area contributed by atoms with Gasteiger partial charge in [0, 0.05) is 0 Å². The van der Waals surface area contributed by atoms with E-state index in [0.717, 1.165) is 11.3 Å². The fourth-order valence-electron chi connectivity index (χ4n) is 2.17. The van der Waals surface area contributed by atoms with Gasteiger partial charge >= 0.3 is 5.97 Å². The lowest BCUT2D eigenvalue weighted by atomic mass is 10.1. The Morgan fingerprint density at radius 2 is 1.81 bits per heavy atom. The van der Waals surface area contributed by atoms with E-state index in [0.29, 0.717) is 17.1 Å². The molecule has 0 saturated heterocycles. The standard InChI is InChI=1S/C19H20N2O6/c1-25-15-6-3-13(4-7-15)10-18(22)21-20-11-14-5-8-16(17(9-14)26-2)27-12-19(23)24/h3-9,11H,10,12H2,1-2H3,(H,21,22)(H,23,24)/b20-11-. The quantitative estimate of drug-likeness (QED) is 0.514. The van der Waals surface area contributed by atoms with Gasteiger partial charge in [-0.25, -0.2) is 10.2 Å². The molecule has 0 atom stereocenters. The van der Waals surface area contributed by atoms with E-state index in [1.807, 2.05) is 12.1 Å². The van der Waals surface area contributed by atoms with Crippen LogP contribution in [0.1, 0.15) is 11.1 Å². The van der Waals surface area contributed by atoms with Crippen molar-refractivity contribution in [3.63, 3.8) is 0 Å². The number of rotatable bonds is 9. The van der Waals surface area contributed by atoms with E-state index in [4.69, 9.17) is 19.3 Å². The molecule has 0 bridgehead atoms. The van der Waals surface area contributed by atoms with Crippen LogP contribution in [0.25, 0.3) is 0 Å². The summed E-state index contributed by atoms with van der Waals surface area (Å²) in [4.78, 5) is 22.5. The zero-order valence-corrected chi connectivity index (χ0v) is 15.0. The molecule has 0 radical (unpaired) electrons. The number of nitrogens with zero attached hydrogens (tertiary/aromatic N) is 1. The molecule has 8 heteroatoms. The number of nitrogens with one attached hydrogen (secondary N) is 1. The van der Waals surface area contributed by atoms with Crippen LogP contribution in [0, 0.1) is 0 Å². The minimum atomic E-state index is -1.08. The second-order valence-corrected chi connectivity index (χ2v) is 5.41. The molecule has 8 nitrogen and oxygen atoms in total. The van der Waals surface area contributed by atoms with Crippen LogP contribution in [0.15, 0.2) is 47.6 Å². The Hall–Kier alpha value is -3.55. The average molecular weight is 372 g/mol. The van der Waals surface area contributed by atoms with Gasteiger partial charge in [-0.2, -0.15) is 5.10 Å². The largest absolute Gasteiger partial charge is 0.497 e. The second-order valence-electron chi connectivity index (χ2n) is 5.41.